The fourth-order valence-corrected chi connectivity index (χ4v) is 3.41. The largest absolute Gasteiger partial charge is 0.241 e. The summed E-state index contributed by atoms with van der Waals surface area (Å²) < 4.78 is 72.0. The van der Waals surface area contributed by atoms with Gasteiger partial charge in [-0.05, 0) is 35.4 Å². The van der Waals surface area contributed by atoms with Crippen molar-refractivity contribution < 1.29 is 66.9 Å². The van der Waals surface area contributed by atoms with E-state index in [2.05, 4.69) is 12.2 Å². The molecule has 0 heterocycles. The first-order chi connectivity index (χ1) is 16.8. The summed E-state index contributed by atoms with van der Waals surface area (Å²) in [6.07, 6.45) is 8.33. The molecule has 0 N–H and O–H groups in total. The zero-order chi connectivity index (χ0) is 28.8. The Morgan fingerprint density at radius 3 is 1.05 bits per heavy atom. The lowest BCUT2D eigenvalue weighted by Crippen LogP contribution is -2.68. The Morgan fingerprint density at radius 1 is 0.595 bits per heavy atom. The fraction of sp³-hybridized carbons (Fsp3) is 0.182. The molecule has 0 aliphatic carbocycles. The molecular formula is C22H24Cl4N2O8S. The van der Waals surface area contributed by atoms with E-state index in [0.29, 0.717) is 0 Å². The quantitative estimate of drug-likeness (QED) is 0.232. The zero-order valence-corrected chi connectivity index (χ0v) is 23.8. The van der Waals surface area contributed by atoms with Gasteiger partial charge in [-0.2, -0.15) is 0 Å². The molecule has 0 radical (unpaired) electrons. The van der Waals surface area contributed by atoms with Gasteiger partial charge in [0.15, 0.2) is 12.4 Å². The number of benzene rings is 2. The molecule has 15 heteroatoms. The molecule has 0 amide bonds. The van der Waals surface area contributed by atoms with Crippen LogP contribution in [-0.2, 0) is 0 Å². The van der Waals surface area contributed by atoms with Gasteiger partial charge in [0.1, 0.15) is 28.2 Å². The summed E-state index contributed by atoms with van der Waals surface area (Å²) in [5, 5.41) is 1.46. The molecular weight excluding hydrogens is 594 g/mol. The normalized spacial score (nSPS) is 11.9. The van der Waals surface area contributed by atoms with Crippen LogP contribution in [-0.4, -0.2) is 49.8 Å². The number of nitrogens with zero attached hydrogens (tertiary/aromatic N) is 2. The van der Waals surface area contributed by atoms with Crippen LogP contribution in [0.15, 0.2) is 60.7 Å². The predicted octanol–water partition coefficient (Wildman–Crippen LogP) is -3.72. The van der Waals surface area contributed by atoms with Crippen LogP contribution in [0.4, 0.5) is 0 Å². The maximum atomic E-state index is 8.49. The minimum Gasteiger partial charge on any atom is -0.241 e. The van der Waals surface area contributed by atoms with Gasteiger partial charge >= 0.3 is 0 Å². The summed E-state index contributed by atoms with van der Waals surface area (Å²) >= 11 is 13.8. The smallest absolute Gasteiger partial charge is 0.164 e. The summed E-state index contributed by atoms with van der Waals surface area (Å²) in [5.74, 6) is 0. The molecule has 2 aromatic carbocycles. The lowest BCUT2D eigenvalue weighted by molar-refractivity contribution is -2.00. The van der Waals surface area contributed by atoms with Gasteiger partial charge in [-0.15, -0.1) is 20.5 Å². The summed E-state index contributed by atoms with van der Waals surface area (Å²) in [4.78, 5) is 2.27. The highest BCUT2D eigenvalue weighted by molar-refractivity contribution is 8.16. The number of hydrogen-bond donors (Lipinski definition) is 0. The molecule has 10 nitrogen and oxygen atoms in total. The third kappa shape index (κ3) is 22.2. The molecule has 0 aliphatic rings. The van der Waals surface area contributed by atoms with Crippen LogP contribution in [0.2, 0.25) is 10.0 Å². The monoisotopic (exact) mass is 616 g/mol. The van der Waals surface area contributed by atoms with Crippen LogP contribution in [0, 0.1) is 20.5 Å². The highest BCUT2D eigenvalue weighted by Gasteiger charge is 2.10. The van der Waals surface area contributed by atoms with Crippen molar-refractivity contribution in [2.24, 2.45) is 0 Å². The van der Waals surface area contributed by atoms with Crippen molar-refractivity contribution in [1.82, 2.24) is 0 Å². The van der Waals surface area contributed by atoms with Gasteiger partial charge in [-0.25, -0.2) is 46.4 Å². The zero-order valence-electron chi connectivity index (χ0n) is 20.0. The van der Waals surface area contributed by atoms with E-state index < -0.39 is 20.5 Å². The van der Waals surface area contributed by atoms with Gasteiger partial charge in [0, 0.05) is 32.0 Å². The molecule has 0 unspecified atom stereocenters. The van der Waals surface area contributed by atoms with Crippen molar-refractivity contribution in [2.45, 2.75) is 0 Å². The summed E-state index contributed by atoms with van der Waals surface area (Å²) in [7, 11) is -1.85. The second kappa shape index (κ2) is 17.1. The second-order valence-electron chi connectivity index (χ2n) is 7.16. The van der Waals surface area contributed by atoms with E-state index in [9.17, 15) is 0 Å². The maximum absolute atomic E-state index is 8.49. The Labute approximate surface area is 233 Å². The van der Waals surface area contributed by atoms with Crippen molar-refractivity contribution >= 4 is 57.2 Å². The molecule has 2 rings (SSSR count). The first-order valence-corrected chi connectivity index (χ1v) is 13.8. The lowest BCUT2D eigenvalue weighted by Gasteiger charge is -2.17. The van der Waals surface area contributed by atoms with E-state index in [0.717, 1.165) is 31.0 Å². The van der Waals surface area contributed by atoms with Gasteiger partial charge in [-0.3, -0.25) is 0 Å². The fourth-order valence-electron chi connectivity index (χ4n) is 2.16. The van der Waals surface area contributed by atoms with Gasteiger partial charge in [0.05, 0.1) is 0 Å². The van der Waals surface area contributed by atoms with Crippen LogP contribution in [0.25, 0.3) is 9.81 Å². The standard InChI is InChI=1S/C22H24Cl2N2S.2ClHO4/c1-25(2)15-13-21(17-5-9-19(23)10-6-17)27-22(14-16-26(3)4)18-7-11-20(24)12-8-18;2*2-1(3,4)5/h5-16H,1-4H3;2*(H,2,3,4,5)/q+2;;/p-2/b21-13+,22-14+;;. The molecule has 0 saturated heterocycles. The Kier molecular flexibility index (Phi) is 16.4. The highest BCUT2D eigenvalue weighted by atomic mass is 35.7. The molecule has 0 aliphatic heterocycles. The van der Waals surface area contributed by atoms with Crippen molar-refractivity contribution in [3.05, 3.63) is 81.9 Å². The minimum absolute atomic E-state index is 0.731. The Morgan fingerprint density at radius 2 is 0.838 bits per heavy atom. The summed E-state index contributed by atoms with van der Waals surface area (Å²) in [6.45, 7) is 0. The van der Waals surface area contributed by atoms with Crippen LogP contribution in [0.1, 0.15) is 11.1 Å². The SMILES string of the molecule is C[N+](C)=C/C=C(/S/C(=C/C=[N+](C)C)c1ccc(Cl)cc1)c1ccc(Cl)cc1.[O-][Cl+3]([O-])([O-])[O-].[O-][Cl+3]([O-])([O-])[O-]. The first-order valence-electron chi connectivity index (χ1n) is 9.71. The van der Waals surface area contributed by atoms with E-state index in [1.54, 1.807) is 11.8 Å². The topological polar surface area (TPSA) is 190 Å². The Bertz CT molecular complexity index is 988. The molecule has 0 spiro atoms. The van der Waals surface area contributed by atoms with Gasteiger partial charge in [-0.1, -0.05) is 59.2 Å². The number of thioether (sulfide) groups is 1. The van der Waals surface area contributed by atoms with E-state index in [-0.39, 0.29) is 0 Å². The predicted molar refractivity (Wildman–Crippen MR) is 123 cm³/mol. The second-order valence-corrected chi connectivity index (χ2v) is 10.6. The van der Waals surface area contributed by atoms with Gasteiger partial charge < -0.3 is 0 Å². The Balaban J connectivity index is 0.00000110. The van der Waals surface area contributed by atoms with Crippen LogP contribution in [0.5, 0.6) is 0 Å². The van der Waals surface area contributed by atoms with E-state index in [4.69, 9.17) is 60.5 Å². The Hall–Kier alpha value is -1.55. The van der Waals surface area contributed by atoms with Crippen LogP contribution < -0.4 is 37.3 Å². The minimum atomic E-state index is -4.94. The highest BCUT2D eigenvalue weighted by Crippen LogP contribution is 2.39. The van der Waals surface area contributed by atoms with Gasteiger partial charge in [0.2, 0.25) is 0 Å². The molecule has 0 fully saturated rings. The summed E-state index contributed by atoms with van der Waals surface area (Å²) in [6, 6.07) is 15.8. The third-order valence-electron chi connectivity index (χ3n) is 3.53. The number of hydrogen-bond acceptors (Lipinski definition) is 9. The number of allylic oxidation sites excluding steroid dienone is 2. The molecule has 37 heavy (non-hydrogen) atoms. The van der Waals surface area contributed by atoms with Crippen LogP contribution >= 0.6 is 35.0 Å². The number of halogens is 4. The average molecular weight is 618 g/mol. The van der Waals surface area contributed by atoms with Crippen molar-refractivity contribution in [3.63, 3.8) is 0 Å². The summed E-state index contributed by atoms with van der Waals surface area (Å²) in [5.41, 5.74) is 2.24. The molecule has 0 aromatic heterocycles. The average Bonchev–Trinajstić information content (AvgIpc) is 2.72. The van der Waals surface area contributed by atoms with E-state index in [1.165, 1.54) is 0 Å². The van der Waals surface area contributed by atoms with E-state index >= 15 is 0 Å². The van der Waals surface area contributed by atoms with Crippen LogP contribution in [0.3, 0.4) is 0 Å². The van der Waals surface area contributed by atoms with Crippen molar-refractivity contribution in [1.29, 1.82) is 0 Å². The van der Waals surface area contributed by atoms with Gasteiger partial charge in [0.25, 0.3) is 0 Å². The van der Waals surface area contributed by atoms with E-state index in [1.807, 2.05) is 98.3 Å². The third-order valence-corrected chi connectivity index (χ3v) is 5.21. The first kappa shape index (κ1) is 35.5. The molecule has 0 atom stereocenters. The molecule has 0 saturated carbocycles. The molecule has 204 valence electrons. The van der Waals surface area contributed by atoms with Crippen molar-refractivity contribution in [3.8, 4) is 0 Å². The van der Waals surface area contributed by atoms with Crippen molar-refractivity contribution in [2.75, 3.05) is 28.2 Å². The maximum Gasteiger partial charge on any atom is 0.164 e. The lowest BCUT2D eigenvalue weighted by atomic mass is 10.2. The molecule has 2 aromatic rings. The molecule has 0 bridgehead atoms. The number of rotatable bonds is 6.